The highest BCUT2D eigenvalue weighted by Crippen LogP contribution is 2.18. The van der Waals surface area contributed by atoms with Gasteiger partial charge in [-0.15, -0.1) is 0 Å². The van der Waals surface area contributed by atoms with Crippen LogP contribution in [0.4, 0.5) is 0 Å². The Morgan fingerprint density at radius 3 is 2.80 bits per heavy atom. The van der Waals surface area contributed by atoms with Crippen LogP contribution in [0.1, 0.15) is 18.8 Å². The fourth-order valence-corrected chi connectivity index (χ4v) is 2.84. The molecule has 0 aliphatic carbocycles. The van der Waals surface area contributed by atoms with E-state index in [1.807, 2.05) is 37.3 Å². The van der Waals surface area contributed by atoms with Crippen molar-refractivity contribution in [3.63, 3.8) is 0 Å². The zero-order chi connectivity index (χ0) is 17.8. The van der Waals surface area contributed by atoms with E-state index in [2.05, 4.69) is 31.2 Å². The van der Waals surface area contributed by atoms with Crippen molar-refractivity contribution in [2.75, 3.05) is 0 Å². The third-order valence-corrected chi connectivity index (χ3v) is 4.20. The number of aromatic amines is 1. The van der Waals surface area contributed by atoms with Gasteiger partial charge in [0.15, 0.2) is 0 Å². The van der Waals surface area contributed by atoms with Crippen molar-refractivity contribution in [2.24, 2.45) is 0 Å². The van der Waals surface area contributed by atoms with Crippen molar-refractivity contribution in [3.05, 3.63) is 75.5 Å². The SMILES string of the molecule is CC(NC(=O)Cn1cc(Br)ccc1=O)c1ncc(-c2ccccc2)[nH]1. The minimum Gasteiger partial charge on any atom is -0.345 e. The quantitative estimate of drug-likeness (QED) is 0.690. The molecule has 0 saturated heterocycles. The number of aromatic nitrogens is 3. The number of carbonyl (C=O) groups is 1. The van der Waals surface area contributed by atoms with E-state index < -0.39 is 0 Å². The molecule has 3 aromatic rings. The van der Waals surface area contributed by atoms with Crippen LogP contribution in [0.2, 0.25) is 0 Å². The number of nitrogens with zero attached hydrogens (tertiary/aromatic N) is 2. The van der Waals surface area contributed by atoms with Gasteiger partial charge >= 0.3 is 0 Å². The molecule has 0 radical (unpaired) electrons. The molecule has 7 heteroatoms. The minimum atomic E-state index is -0.298. The summed E-state index contributed by atoms with van der Waals surface area (Å²) in [5.41, 5.74) is 1.69. The molecule has 3 rings (SSSR count). The summed E-state index contributed by atoms with van der Waals surface area (Å²) >= 11 is 3.29. The number of amides is 1. The van der Waals surface area contributed by atoms with Gasteiger partial charge in [0.05, 0.1) is 17.9 Å². The number of nitrogens with one attached hydrogen (secondary N) is 2. The van der Waals surface area contributed by atoms with Crippen LogP contribution in [-0.4, -0.2) is 20.4 Å². The summed E-state index contributed by atoms with van der Waals surface area (Å²) in [5.74, 6) is 0.402. The molecule has 0 saturated carbocycles. The van der Waals surface area contributed by atoms with E-state index in [9.17, 15) is 9.59 Å². The second-order valence-electron chi connectivity index (χ2n) is 5.65. The molecular weight excluding hydrogens is 384 g/mol. The van der Waals surface area contributed by atoms with Crippen molar-refractivity contribution < 1.29 is 4.79 Å². The van der Waals surface area contributed by atoms with Crippen LogP contribution in [0, 0.1) is 0 Å². The lowest BCUT2D eigenvalue weighted by atomic mass is 10.2. The van der Waals surface area contributed by atoms with E-state index in [1.54, 1.807) is 18.5 Å². The summed E-state index contributed by atoms with van der Waals surface area (Å²) in [4.78, 5) is 31.5. The summed E-state index contributed by atoms with van der Waals surface area (Å²) in [6, 6.07) is 12.6. The lowest BCUT2D eigenvalue weighted by Gasteiger charge is -2.12. The highest BCUT2D eigenvalue weighted by atomic mass is 79.9. The Hall–Kier alpha value is -2.67. The van der Waals surface area contributed by atoms with E-state index >= 15 is 0 Å². The van der Waals surface area contributed by atoms with Crippen molar-refractivity contribution in [1.29, 1.82) is 0 Å². The van der Waals surface area contributed by atoms with Crippen molar-refractivity contribution in [3.8, 4) is 11.3 Å². The fraction of sp³-hybridized carbons (Fsp3) is 0.167. The molecular formula is C18H17BrN4O2. The van der Waals surface area contributed by atoms with Crippen LogP contribution in [0.25, 0.3) is 11.3 Å². The van der Waals surface area contributed by atoms with Gasteiger partial charge in [-0.1, -0.05) is 30.3 Å². The van der Waals surface area contributed by atoms with Crippen LogP contribution in [0.15, 0.2) is 64.1 Å². The number of halogens is 1. The highest BCUT2D eigenvalue weighted by Gasteiger charge is 2.14. The predicted octanol–water partition coefficient (Wildman–Crippen LogP) is 2.88. The zero-order valence-corrected chi connectivity index (χ0v) is 15.2. The molecule has 1 unspecified atom stereocenters. The Morgan fingerprint density at radius 2 is 2.04 bits per heavy atom. The molecule has 128 valence electrons. The molecule has 1 atom stereocenters. The maximum absolute atomic E-state index is 12.2. The largest absolute Gasteiger partial charge is 0.345 e. The molecule has 0 aliphatic rings. The Labute approximate surface area is 153 Å². The molecule has 6 nitrogen and oxygen atoms in total. The van der Waals surface area contributed by atoms with E-state index in [0.29, 0.717) is 5.82 Å². The monoisotopic (exact) mass is 400 g/mol. The Kier molecular flexibility index (Phi) is 5.14. The van der Waals surface area contributed by atoms with E-state index in [-0.39, 0.29) is 24.1 Å². The maximum atomic E-state index is 12.2. The first-order valence-corrected chi connectivity index (χ1v) is 8.58. The van der Waals surface area contributed by atoms with Gasteiger partial charge in [0.25, 0.3) is 5.56 Å². The second-order valence-corrected chi connectivity index (χ2v) is 6.57. The Balaban J connectivity index is 1.67. The molecule has 0 aliphatic heterocycles. The van der Waals surface area contributed by atoms with E-state index in [1.165, 1.54) is 10.6 Å². The van der Waals surface area contributed by atoms with E-state index in [0.717, 1.165) is 15.7 Å². The van der Waals surface area contributed by atoms with Crippen LogP contribution >= 0.6 is 15.9 Å². The topological polar surface area (TPSA) is 79.8 Å². The smallest absolute Gasteiger partial charge is 0.251 e. The van der Waals surface area contributed by atoms with Crippen molar-refractivity contribution in [2.45, 2.75) is 19.5 Å². The van der Waals surface area contributed by atoms with Gasteiger partial charge in [-0.2, -0.15) is 0 Å². The first-order chi connectivity index (χ1) is 12.0. The first kappa shape index (κ1) is 17.2. The van der Waals surface area contributed by atoms with Crippen LogP contribution in [0.3, 0.4) is 0 Å². The van der Waals surface area contributed by atoms with Gasteiger partial charge in [-0.25, -0.2) is 4.98 Å². The molecule has 0 fully saturated rings. The summed E-state index contributed by atoms with van der Waals surface area (Å²) in [7, 11) is 0. The van der Waals surface area contributed by atoms with Crippen LogP contribution in [-0.2, 0) is 11.3 Å². The van der Waals surface area contributed by atoms with Gasteiger partial charge < -0.3 is 14.9 Å². The van der Waals surface area contributed by atoms with E-state index in [4.69, 9.17) is 0 Å². The number of benzene rings is 1. The molecule has 0 spiro atoms. The molecule has 2 N–H and O–H groups in total. The summed E-state index contributed by atoms with van der Waals surface area (Å²) < 4.78 is 2.09. The molecule has 2 aromatic heterocycles. The summed E-state index contributed by atoms with van der Waals surface area (Å²) in [6.45, 7) is 1.80. The molecule has 2 heterocycles. The minimum absolute atomic E-state index is 0.0468. The summed E-state index contributed by atoms with van der Waals surface area (Å²) in [6.07, 6.45) is 3.33. The Morgan fingerprint density at radius 1 is 1.28 bits per heavy atom. The number of rotatable bonds is 5. The molecule has 0 bridgehead atoms. The lowest BCUT2D eigenvalue weighted by molar-refractivity contribution is -0.122. The lowest BCUT2D eigenvalue weighted by Crippen LogP contribution is -2.33. The predicted molar refractivity (Wildman–Crippen MR) is 99.0 cm³/mol. The van der Waals surface area contributed by atoms with Crippen LogP contribution in [0.5, 0.6) is 0 Å². The number of imidazole rings is 1. The van der Waals surface area contributed by atoms with Crippen molar-refractivity contribution in [1.82, 2.24) is 19.9 Å². The van der Waals surface area contributed by atoms with Gasteiger partial charge in [0.1, 0.15) is 12.4 Å². The summed E-state index contributed by atoms with van der Waals surface area (Å²) in [5, 5.41) is 2.85. The van der Waals surface area contributed by atoms with Gasteiger partial charge in [0, 0.05) is 16.7 Å². The molecule has 1 amide bonds. The second kappa shape index (κ2) is 7.48. The van der Waals surface area contributed by atoms with Gasteiger partial charge in [-0.3, -0.25) is 9.59 Å². The number of hydrogen-bond acceptors (Lipinski definition) is 3. The molecule has 1 aromatic carbocycles. The average molecular weight is 401 g/mol. The van der Waals surface area contributed by atoms with Gasteiger partial charge in [-0.05, 0) is 34.5 Å². The van der Waals surface area contributed by atoms with Crippen molar-refractivity contribution >= 4 is 21.8 Å². The number of hydrogen-bond donors (Lipinski definition) is 2. The van der Waals surface area contributed by atoms with Crippen LogP contribution < -0.4 is 10.9 Å². The Bertz CT molecular complexity index is 934. The highest BCUT2D eigenvalue weighted by molar-refractivity contribution is 9.10. The molecule has 25 heavy (non-hydrogen) atoms. The number of pyridine rings is 1. The zero-order valence-electron chi connectivity index (χ0n) is 13.6. The third kappa shape index (κ3) is 4.24. The maximum Gasteiger partial charge on any atom is 0.251 e. The fourth-order valence-electron chi connectivity index (χ4n) is 2.46. The normalized spacial score (nSPS) is 11.9. The number of H-pyrrole nitrogens is 1. The van der Waals surface area contributed by atoms with Gasteiger partial charge in [0.2, 0.25) is 5.91 Å². The first-order valence-electron chi connectivity index (χ1n) is 7.78. The number of carbonyl (C=O) groups excluding carboxylic acids is 1. The third-order valence-electron chi connectivity index (χ3n) is 3.73. The average Bonchev–Trinajstić information content (AvgIpc) is 3.09. The standard InChI is InChI=1S/C18H17BrN4O2/c1-12(18-20-9-15(22-18)13-5-3-2-4-6-13)21-16(24)11-23-10-14(19)7-8-17(23)25/h2-10,12H,11H2,1H3,(H,20,22)(H,21,24).